The third-order valence-electron chi connectivity index (χ3n) is 5.91. The fourth-order valence-corrected chi connectivity index (χ4v) is 6.37. The fraction of sp³-hybridized carbons (Fsp3) is 0.375. The molecule has 9 nitrogen and oxygen atoms in total. The van der Waals surface area contributed by atoms with Gasteiger partial charge in [0.1, 0.15) is 15.4 Å². The zero-order valence-electron chi connectivity index (χ0n) is 19.7. The number of halogens is 1. The molecular formula is C24H23ClN4O5S2. The van der Waals surface area contributed by atoms with Crippen molar-refractivity contribution in [3.05, 3.63) is 66.3 Å². The lowest BCUT2D eigenvalue weighted by Gasteiger charge is -2.16. The molecule has 0 amide bonds. The van der Waals surface area contributed by atoms with E-state index in [1.54, 1.807) is 30.5 Å². The van der Waals surface area contributed by atoms with Gasteiger partial charge in [-0.15, -0.1) is 11.3 Å². The van der Waals surface area contributed by atoms with Gasteiger partial charge < -0.3 is 9.47 Å². The number of nitrogens with zero attached hydrogens (tertiary/aromatic N) is 4. The monoisotopic (exact) mass is 546 g/mol. The van der Waals surface area contributed by atoms with Gasteiger partial charge in [0.05, 0.1) is 35.4 Å². The molecule has 1 aliphatic rings. The van der Waals surface area contributed by atoms with Crippen LogP contribution in [-0.2, 0) is 21.8 Å². The summed E-state index contributed by atoms with van der Waals surface area (Å²) in [5, 5.41) is 1.35. The van der Waals surface area contributed by atoms with Gasteiger partial charge in [-0.2, -0.15) is 0 Å². The topological polar surface area (TPSA) is 105 Å². The van der Waals surface area contributed by atoms with Crippen molar-refractivity contribution in [3.8, 4) is 0 Å². The maximum atomic E-state index is 13.7. The smallest absolute Gasteiger partial charge is 0.348 e. The van der Waals surface area contributed by atoms with Gasteiger partial charge in [-0.1, -0.05) is 23.4 Å². The molecule has 5 rings (SSSR count). The minimum Gasteiger partial charge on any atom is -0.462 e. The van der Waals surface area contributed by atoms with Crippen LogP contribution in [0.25, 0.3) is 15.9 Å². The highest BCUT2D eigenvalue weighted by molar-refractivity contribution is 7.98. The van der Waals surface area contributed by atoms with Gasteiger partial charge in [0.15, 0.2) is 5.16 Å². The number of hydrogen-bond acceptors (Lipinski definition) is 9. The molecule has 1 aliphatic heterocycles. The van der Waals surface area contributed by atoms with Crippen LogP contribution in [0.4, 0.5) is 0 Å². The number of carbonyl (C=O) groups excluding carboxylic acids is 1. The van der Waals surface area contributed by atoms with Crippen molar-refractivity contribution >= 4 is 56.5 Å². The summed E-state index contributed by atoms with van der Waals surface area (Å²) in [6, 6.07) is 4.81. The first-order chi connectivity index (χ1) is 17.4. The lowest BCUT2D eigenvalue weighted by molar-refractivity contribution is 0.0531. The van der Waals surface area contributed by atoms with Crippen molar-refractivity contribution in [1.82, 2.24) is 18.9 Å². The van der Waals surface area contributed by atoms with E-state index in [0.29, 0.717) is 61.1 Å². The standard InChI is InChI=1S/C24H23ClN4O5S2/c1-3-33-23(32)20-13(2)19-21(36-20)27-24(29(22(19)31)11-16-5-4-8-34-16)35-12-15-9-18(30)28-10-14(25)6-7-17(28)26-15/h6-7,9-10,16H,3-5,8,11-12H2,1-2H3/t16-/m1/s1. The van der Waals surface area contributed by atoms with Crippen LogP contribution in [0.15, 0.2) is 39.1 Å². The summed E-state index contributed by atoms with van der Waals surface area (Å²) in [5.41, 5.74) is 1.15. The number of thiophene rings is 1. The van der Waals surface area contributed by atoms with E-state index in [2.05, 4.69) is 4.98 Å². The van der Waals surface area contributed by atoms with Gasteiger partial charge in [-0.05, 0) is 44.4 Å². The molecule has 1 fully saturated rings. The Balaban J connectivity index is 1.54. The van der Waals surface area contributed by atoms with Crippen molar-refractivity contribution in [2.75, 3.05) is 13.2 Å². The lowest BCUT2D eigenvalue weighted by Crippen LogP contribution is -2.28. The Morgan fingerprint density at radius 1 is 1.33 bits per heavy atom. The maximum Gasteiger partial charge on any atom is 0.348 e. The number of fused-ring (bicyclic) bond motifs is 2. The highest BCUT2D eigenvalue weighted by atomic mass is 35.5. The first-order valence-corrected chi connectivity index (χ1v) is 13.7. The summed E-state index contributed by atoms with van der Waals surface area (Å²) in [6.07, 6.45) is 3.24. The van der Waals surface area contributed by atoms with E-state index in [1.807, 2.05) is 0 Å². The molecule has 188 valence electrons. The van der Waals surface area contributed by atoms with Gasteiger partial charge in [0.2, 0.25) is 0 Å². The molecule has 0 unspecified atom stereocenters. The maximum absolute atomic E-state index is 13.7. The second-order valence-corrected chi connectivity index (χ2v) is 10.7. The van der Waals surface area contributed by atoms with Gasteiger partial charge in [-0.3, -0.25) is 18.6 Å². The van der Waals surface area contributed by atoms with Gasteiger partial charge >= 0.3 is 5.97 Å². The Labute approximate surface area is 219 Å². The third kappa shape index (κ3) is 4.80. The highest BCUT2D eigenvalue weighted by Gasteiger charge is 2.25. The Morgan fingerprint density at radius 2 is 2.17 bits per heavy atom. The number of aryl methyl sites for hydroxylation is 1. The average molecular weight is 547 g/mol. The average Bonchev–Trinajstić information content (AvgIpc) is 3.48. The largest absolute Gasteiger partial charge is 0.462 e. The molecular weight excluding hydrogens is 524 g/mol. The van der Waals surface area contributed by atoms with E-state index in [4.69, 9.17) is 26.1 Å². The zero-order chi connectivity index (χ0) is 25.4. The molecule has 12 heteroatoms. The molecule has 0 spiro atoms. The summed E-state index contributed by atoms with van der Waals surface area (Å²) in [7, 11) is 0. The Kier molecular flexibility index (Phi) is 7.16. The summed E-state index contributed by atoms with van der Waals surface area (Å²) < 4.78 is 14.0. The van der Waals surface area contributed by atoms with E-state index in [9.17, 15) is 14.4 Å². The number of aromatic nitrogens is 4. The molecule has 0 aliphatic carbocycles. The zero-order valence-corrected chi connectivity index (χ0v) is 22.0. The molecule has 0 saturated carbocycles. The third-order valence-corrected chi connectivity index (χ3v) is 8.31. The Morgan fingerprint density at radius 3 is 2.92 bits per heavy atom. The molecule has 1 atom stereocenters. The number of esters is 1. The van der Waals surface area contributed by atoms with Crippen LogP contribution < -0.4 is 11.1 Å². The molecule has 0 radical (unpaired) electrons. The molecule has 4 aromatic rings. The van der Waals surface area contributed by atoms with Crippen molar-refractivity contribution < 1.29 is 14.3 Å². The molecule has 0 aromatic carbocycles. The van der Waals surface area contributed by atoms with Crippen LogP contribution in [0.1, 0.15) is 40.7 Å². The minimum atomic E-state index is -0.460. The predicted octanol–water partition coefficient (Wildman–Crippen LogP) is 4.08. The first kappa shape index (κ1) is 24.9. The Hall–Kier alpha value is -2.73. The second kappa shape index (κ2) is 10.3. The normalized spacial score (nSPS) is 15.7. The lowest BCUT2D eigenvalue weighted by atomic mass is 10.2. The van der Waals surface area contributed by atoms with E-state index in [-0.39, 0.29) is 23.8 Å². The van der Waals surface area contributed by atoms with Crippen molar-refractivity contribution in [2.24, 2.45) is 0 Å². The highest BCUT2D eigenvalue weighted by Crippen LogP contribution is 2.31. The van der Waals surface area contributed by atoms with Crippen molar-refractivity contribution in [3.63, 3.8) is 0 Å². The minimum absolute atomic E-state index is 0.0852. The number of hydrogen-bond donors (Lipinski definition) is 0. The molecule has 4 aromatic heterocycles. The first-order valence-electron chi connectivity index (χ1n) is 11.5. The number of ether oxygens (including phenoxy) is 2. The Bertz CT molecular complexity index is 1590. The van der Waals surface area contributed by atoms with E-state index >= 15 is 0 Å². The molecule has 0 bridgehead atoms. The van der Waals surface area contributed by atoms with Crippen molar-refractivity contribution in [2.45, 2.75) is 50.2 Å². The van der Waals surface area contributed by atoms with E-state index in [1.165, 1.54) is 28.4 Å². The summed E-state index contributed by atoms with van der Waals surface area (Å²) >= 11 is 8.47. The van der Waals surface area contributed by atoms with Crippen LogP contribution >= 0.6 is 34.7 Å². The van der Waals surface area contributed by atoms with Crippen LogP contribution in [0, 0.1) is 6.92 Å². The molecule has 36 heavy (non-hydrogen) atoms. The summed E-state index contributed by atoms with van der Waals surface area (Å²) in [5.74, 6) is -0.134. The number of pyridine rings is 1. The SMILES string of the molecule is CCOC(=O)c1sc2nc(SCc3cc(=O)n4cc(Cl)ccc4n3)n(C[C@H]3CCCO3)c(=O)c2c1C. The number of thioether (sulfide) groups is 1. The van der Waals surface area contributed by atoms with Crippen LogP contribution in [0.5, 0.6) is 0 Å². The quantitative estimate of drug-likeness (QED) is 0.194. The van der Waals surface area contributed by atoms with Crippen LogP contribution in [-0.4, -0.2) is 44.2 Å². The number of carbonyl (C=O) groups is 1. The summed E-state index contributed by atoms with van der Waals surface area (Å²) in [6.45, 7) is 4.76. The molecule has 0 N–H and O–H groups in total. The van der Waals surface area contributed by atoms with Crippen molar-refractivity contribution in [1.29, 1.82) is 0 Å². The number of rotatable bonds is 7. The van der Waals surface area contributed by atoms with Gasteiger partial charge in [-0.25, -0.2) is 14.8 Å². The summed E-state index contributed by atoms with van der Waals surface area (Å²) in [4.78, 5) is 48.8. The van der Waals surface area contributed by atoms with E-state index < -0.39 is 5.97 Å². The fourth-order valence-electron chi connectivity index (χ4n) is 4.19. The van der Waals surface area contributed by atoms with Crippen LogP contribution in [0.2, 0.25) is 5.02 Å². The predicted molar refractivity (Wildman–Crippen MR) is 140 cm³/mol. The van der Waals surface area contributed by atoms with Gasteiger partial charge in [0.25, 0.3) is 11.1 Å². The van der Waals surface area contributed by atoms with Crippen LogP contribution in [0.3, 0.4) is 0 Å². The van der Waals surface area contributed by atoms with E-state index in [0.717, 1.165) is 24.2 Å². The second-order valence-electron chi connectivity index (χ2n) is 8.35. The van der Waals surface area contributed by atoms with Gasteiger partial charge in [0, 0.05) is 24.6 Å². The molecule has 1 saturated heterocycles. The molecule has 5 heterocycles.